The number of nitrogens with zero attached hydrogens (tertiary/aromatic N) is 12. The van der Waals surface area contributed by atoms with Gasteiger partial charge < -0.3 is 4.79 Å². The van der Waals surface area contributed by atoms with Gasteiger partial charge in [0.25, 0.3) is 19.3 Å². The zero-order valence-corrected chi connectivity index (χ0v) is 70.2. The lowest BCUT2D eigenvalue weighted by molar-refractivity contribution is -0.140. The number of thioether (sulfide) groups is 4. The molecule has 0 aliphatic rings. The number of amidine groups is 4. The van der Waals surface area contributed by atoms with Crippen molar-refractivity contribution in [1.29, 1.82) is 0 Å². The standard InChI is InChI=1S/C18H19F3N4O4S.C17H18F4N4O5S2.C17H19F3N4O5S2.C16H16F4N4O5S2/c1-10(26)4-6-12(27)3-2-8-30-18-15(24-29-25-18)17(23-28)22-11-5-7-14(19)13(9-11)16(20)21;1-32(28,29)8-6-11(26)3-2-7-31-16-14(24-30-25-16)15(23-27)22-10-4-5-13(18)12(9-10)17(19,20)21;1-31(27,28)8-6-11(25)3-2-7-30-17-14(23-29-24-17)16(22-26)21-10-4-5-13(18)12(9-10)15(19)20;1-31(27,28)7-9(25)3-2-4-30-16-13(23-29-24-16)15(22-26)21-8-5-10(14(19)20)12(18)11(17)6-8/h5,7,9,16,28H,2-4,6,8H2,1H3,(H,22,23);4-5,9,27H,2-3,6-8H2,1H3,(H,22,23);4-5,9,15,26H,2-3,6-8H2,1H3,(H,21,22);5-6,14,26H,2-4,7H2,1H3,(H,21,22). The Balaban J connectivity index is 0.000000294. The summed E-state index contributed by atoms with van der Waals surface area (Å²) >= 11 is 4.42. The van der Waals surface area contributed by atoms with Crippen LogP contribution in [0.1, 0.15) is 148 Å². The minimum absolute atomic E-state index is 0.00510. The normalized spacial score (nSPS) is 12.3. The van der Waals surface area contributed by atoms with E-state index in [-0.39, 0.29) is 157 Å². The van der Waals surface area contributed by atoms with Gasteiger partial charge in [-0.05, 0) is 135 Å². The Morgan fingerprint density at radius 1 is 0.395 bits per heavy atom. The average Bonchev–Trinajstić information content (AvgIpc) is 1.07. The van der Waals surface area contributed by atoms with Crippen molar-refractivity contribution in [3.63, 3.8) is 0 Å². The number of aliphatic imine (C=N–C) groups is 4. The lowest BCUT2D eigenvalue weighted by Crippen LogP contribution is -2.21. The van der Waals surface area contributed by atoms with Crippen molar-refractivity contribution in [3.05, 3.63) is 141 Å². The Bertz CT molecular complexity index is 5440. The highest BCUT2D eigenvalue weighted by Gasteiger charge is 2.35. The third kappa shape index (κ3) is 36.9. The third-order valence-corrected chi connectivity index (χ3v) is 22.0. The average molecular weight is 1910 g/mol. The minimum atomic E-state index is -4.93. The molecule has 56 heteroatoms. The summed E-state index contributed by atoms with van der Waals surface area (Å²) in [5.41, 5.74) is 1.42. The molecule has 124 heavy (non-hydrogen) atoms. The molecular formula is C68H72F14N16O19S7. The van der Waals surface area contributed by atoms with Gasteiger partial charge in [0.1, 0.15) is 71.8 Å². The molecular weight excluding hydrogens is 1840 g/mol. The summed E-state index contributed by atoms with van der Waals surface area (Å²) in [6, 6.07) is 8.84. The van der Waals surface area contributed by atoms with Gasteiger partial charge >= 0.3 is 6.18 Å². The molecule has 4 heterocycles. The monoisotopic (exact) mass is 1910 g/mol. The van der Waals surface area contributed by atoms with Crippen LogP contribution in [0.4, 0.5) is 84.2 Å². The highest BCUT2D eigenvalue weighted by molar-refractivity contribution is 8.00. The number of nitrogens with one attached hydrogen (secondary N) is 4. The largest absolute Gasteiger partial charge is 0.419 e. The summed E-state index contributed by atoms with van der Waals surface area (Å²) < 4.78 is 268. The lowest BCUT2D eigenvalue weighted by Gasteiger charge is -2.09. The number of Topliss-reactive ketones (excluding diaryl/α,β-unsaturated/α-hetero) is 5. The predicted molar refractivity (Wildman–Crippen MR) is 415 cm³/mol. The van der Waals surface area contributed by atoms with Gasteiger partial charge in [0.15, 0.2) is 87.7 Å². The maximum Gasteiger partial charge on any atom is 0.419 e. The molecule has 8 rings (SSSR count). The van der Waals surface area contributed by atoms with Gasteiger partial charge in [0, 0.05) is 99.2 Å². The second-order valence-corrected chi connectivity index (χ2v) is 36.3. The van der Waals surface area contributed by atoms with E-state index in [0.29, 0.717) is 73.6 Å². The second kappa shape index (κ2) is 50.7. The van der Waals surface area contributed by atoms with Gasteiger partial charge in [-0.2, -0.15) is 13.2 Å². The van der Waals surface area contributed by atoms with Crippen LogP contribution in [0.25, 0.3) is 0 Å². The number of rotatable bonds is 42. The van der Waals surface area contributed by atoms with Crippen LogP contribution in [0, 0.1) is 29.1 Å². The Morgan fingerprint density at radius 2 is 0.702 bits per heavy atom. The van der Waals surface area contributed by atoms with Crippen molar-refractivity contribution in [2.75, 3.05) is 59.0 Å². The molecule has 8 aromatic rings. The van der Waals surface area contributed by atoms with Gasteiger partial charge in [-0.15, -0.1) is 47.0 Å². The first kappa shape index (κ1) is 104. The Morgan fingerprint density at radius 3 is 1.01 bits per heavy atom. The number of ketones is 5. The fourth-order valence-electron chi connectivity index (χ4n) is 9.28. The number of benzene rings is 4. The summed E-state index contributed by atoms with van der Waals surface area (Å²) in [5, 5.41) is 67.0. The van der Waals surface area contributed by atoms with Gasteiger partial charge in [0.2, 0.25) is 0 Å². The summed E-state index contributed by atoms with van der Waals surface area (Å²) in [6.45, 7) is 1.43. The zero-order chi connectivity index (χ0) is 92.2. The van der Waals surface area contributed by atoms with E-state index in [1.807, 2.05) is 0 Å². The van der Waals surface area contributed by atoms with Crippen molar-refractivity contribution in [1.82, 2.24) is 63.2 Å². The number of hydrogen-bond donors (Lipinski definition) is 8. The number of hydrogen-bond acceptors (Lipinski definition) is 35. The van der Waals surface area contributed by atoms with Crippen LogP contribution in [0.5, 0.6) is 0 Å². The smallest absolute Gasteiger partial charge is 0.300 e. The molecule has 0 aliphatic heterocycles. The Labute approximate surface area is 710 Å². The summed E-state index contributed by atoms with van der Waals surface area (Å²) in [5.74, 6) is -8.62. The molecule has 35 nitrogen and oxygen atoms in total. The molecule has 0 saturated heterocycles. The molecule has 0 bridgehead atoms. The van der Waals surface area contributed by atoms with Crippen molar-refractivity contribution in [2.45, 2.75) is 130 Å². The number of carbonyl (C=O) groups excluding carboxylic acids is 5. The first-order valence-electron chi connectivity index (χ1n) is 35.0. The van der Waals surface area contributed by atoms with Crippen LogP contribution < -0.4 is 21.9 Å². The SMILES string of the molecule is CC(=O)CCC(=O)CCCSc1nonc1C(=Nc1ccc(F)c(C(F)F)c1)NO.CS(=O)(=O)CC(=O)CCCSc1nonc1C(=Nc1cc(F)c(F)c(C(F)F)c1)NO.CS(=O)(=O)CCC(=O)CCCSc1nonc1C(=Nc1ccc(F)c(C(F)(F)F)c1)NO.CS(=O)(=O)CCC(=O)CCCSc1nonc1C(=Nc1ccc(F)c(C(F)F)c1)NO. The molecule has 0 amide bonds. The maximum atomic E-state index is 13.6. The highest BCUT2D eigenvalue weighted by Crippen LogP contribution is 2.36. The van der Waals surface area contributed by atoms with E-state index in [9.17, 15) is 132 Å². The van der Waals surface area contributed by atoms with E-state index in [2.05, 4.69) is 79.7 Å². The van der Waals surface area contributed by atoms with Gasteiger partial charge in [-0.25, -0.2) is 112 Å². The van der Waals surface area contributed by atoms with Crippen LogP contribution in [-0.4, -0.2) is 199 Å². The molecule has 8 N–H and O–H groups in total. The highest BCUT2D eigenvalue weighted by atomic mass is 32.2. The Kier molecular flexibility index (Phi) is 42.6. The molecule has 0 saturated carbocycles. The molecule has 0 fully saturated rings. The van der Waals surface area contributed by atoms with E-state index >= 15 is 0 Å². The van der Waals surface area contributed by atoms with Gasteiger partial charge in [-0.1, -0.05) is 0 Å². The van der Waals surface area contributed by atoms with Gasteiger partial charge in [-0.3, -0.25) is 61.9 Å². The van der Waals surface area contributed by atoms with E-state index in [0.717, 1.165) is 96.5 Å². The molecule has 0 spiro atoms. The summed E-state index contributed by atoms with van der Waals surface area (Å²) in [4.78, 5) is 73.0. The predicted octanol–water partition coefficient (Wildman–Crippen LogP) is 13.1. The minimum Gasteiger partial charge on any atom is -0.300 e. The topological polar surface area (TPSA) is 522 Å². The molecule has 0 aliphatic carbocycles. The van der Waals surface area contributed by atoms with E-state index in [1.54, 1.807) is 21.9 Å². The van der Waals surface area contributed by atoms with Crippen molar-refractivity contribution >= 4 is 152 Å². The molecule has 0 atom stereocenters. The molecule has 0 unspecified atom stereocenters. The quantitative estimate of drug-likeness (QED) is 0.00440. The zero-order valence-electron chi connectivity index (χ0n) is 64.4. The third-order valence-electron chi connectivity index (χ3n) is 15.1. The number of halogens is 14. The molecule has 4 aromatic carbocycles. The Hall–Kier alpha value is -10.2. The maximum absolute atomic E-state index is 13.6. The van der Waals surface area contributed by atoms with Crippen molar-refractivity contribution in [2.24, 2.45) is 20.0 Å². The van der Waals surface area contributed by atoms with Crippen LogP contribution in [0.15, 0.2) is 125 Å². The number of hydroxylamine groups is 4. The molecule has 0 radical (unpaired) electrons. The fourth-order valence-corrected chi connectivity index (χ4v) is 14.6. The van der Waals surface area contributed by atoms with E-state index in [1.165, 1.54) is 18.7 Å². The second-order valence-electron chi connectivity index (χ2n) is 25.3. The lowest BCUT2D eigenvalue weighted by atomic mass is 10.1. The molecule has 4 aromatic heterocycles. The number of alkyl halides is 9. The van der Waals surface area contributed by atoms with Crippen molar-refractivity contribution < 1.29 is 150 Å². The van der Waals surface area contributed by atoms with Gasteiger partial charge in [0.05, 0.1) is 56.5 Å². The number of carbonyl (C=O) groups is 5. The van der Waals surface area contributed by atoms with Crippen LogP contribution in [0.3, 0.4) is 0 Å². The molecule has 678 valence electrons. The first-order chi connectivity index (χ1) is 58.3. The first-order valence-corrected chi connectivity index (χ1v) is 45.1. The van der Waals surface area contributed by atoms with Crippen LogP contribution >= 0.6 is 47.0 Å². The van der Waals surface area contributed by atoms with Crippen LogP contribution in [0.2, 0.25) is 0 Å². The summed E-state index contributed by atoms with van der Waals surface area (Å²) in [6.07, 6.45) is -8.70. The van der Waals surface area contributed by atoms with Crippen LogP contribution in [-0.2, 0) is 59.7 Å². The van der Waals surface area contributed by atoms with E-state index in [4.69, 9.17) is 0 Å². The fraction of sp³-hybridized carbons (Fsp3) is 0.397. The number of sulfone groups is 3. The van der Waals surface area contributed by atoms with Crippen molar-refractivity contribution in [3.8, 4) is 0 Å². The number of aromatic nitrogens is 8. The summed E-state index contributed by atoms with van der Waals surface area (Å²) in [7, 11) is -9.84. The van der Waals surface area contributed by atoms with E-state index < -0.39 is 135 Å².